The van der Waals surface area contributed by atoms with Crippen LogP contribution in [-0.2, 0) is 6.17 Å². The van der Waals surface area contributed by atoms with Crippen molar-refractivity contribution in [1.82, 2.24) is 9.55 Å². The molecule has 0 N–H and O–H groups in total. The molecule has 0 bridgehead atoms. The van der Waals surface area contributed by atoms with E-state index in [4.69, 9.17) is 0 Å². The van der Waals surface area contributed by atoms with E-state index in [2.05, 4.69) is 186 Å². The number of imidazole rings is 1. The fourth-order valence-electron chi connectivity index (χ4n) is 5.53. The van der Waals surface area contributed by atoms with Gasteiger partial charge in [0.1, 0.15) is 0 Å². The van der Waals surface area contributed by atoms with Crippen LogP contribution >= 0.6 is 0 Å². The minimum atomic E-state index is -2.01. The molecule has 2 nitrogen and oxygen atoms in total. The molecule has 0 saturated heterocycles. The summed E-state index contributed by atoms with van der Waals surface area (Å²) in [5.41, 5.74) is 6.43. The summed E-state index contributed by atoms with van der Waals surface area (Å²) in [6.45, 7) is 2.42. The molecule has 0 aliphatic rings. The van der Waals surface area contributed by atoms with Gasteiger partial charge in [0, 0.05) is 18.6 Å². The predicted molar refractivity (Wildman–Crippen MR) is 179 cm³/mol. The minimum absolute atomic E-state index is 0.309. The van der Waals surface area contributed by atoms with E-state index in [1.807, 2.05) is 12.5 Å². The van der Waals surface area contributed by atoms with Crippen molar-refractivity contribution in [2.45, 2.75) is 13.1 Å². The average molecular weight is 547 g/mol. The molecule has 0 saturated carbocycles. The maximum absolute atomic E-state index is 4.21. The van der Waals surface area contributed by atoms with Gasteiger partial charge in [0.2, 0.25) is 6.71 Å². The molecule has 0 amide bonds. The first-order valence-corrected chi connectivity index (χ1v) is 16.4. The first-order valence-electron chi connectivity index (χ1n) is 14.2. The first kappa shape index (κ1) is 27.9. The van der Waals surface area contributed by atoms with Crippen molar-refractivity contribution in [3.05, 3.63) is 182 Å². The zero-order chi connectivity index (χ0) is 28.2. The van der Waals surface area contributed by atoms with Gasteiger partial charge in [-0.3, -0.25) is 0 Å². The lowest BCUT2D eigenvalue weighted by Crippen LogP contribution is -2.60. The summed E-state index contributed by atoms with van der Waals surface area (Å²) in [6.07, 6.45) is 8.98. The third-order valence-electron chi connectivity index (χ3n) is 7.42. The molecule has 200 valence electrons. The molecule has 1 heterocycles. The van der Waals surface area contributed by atoms with E-state index in [1.165, 1.54) is 26.8 Å². The van der Waals surface area contributed by atoms with Crippen LogP contribution in [0, 0.1) is 0 Å². The van der Waals surface area contributed by atoms with Crippen LogP contribution in [0.4, 0.5) is 0 Å². The maximum atomic E-state index is 4.21. The van der Waals surface area contributed by atoms with Crippen LogP contribution in [0.15, 0.2) is 182 Å². The summed E-state index contributed by atoms with van der Waals surface area (Å²) < 4.78 is 2.20. The Morgan fingerprint density at radius 1 is 0.585 bits per heavy atom. The predicted octanol–water partition coefficient (Wildman–Crippen LogP) is 5.00. The molecular formula is C37H35BN2Si. The van der Waals surface area contributed by atoms with Crippen LogP contribution in [0.5, 0.6) is 0 Å². The molecule has 6 aromatic rings. The highest BCUT2D eigenvalue weighted by Crippen LogP contribution is 2.11. The largest absolute Gasteiger partial charge is 0.339 e. The zero-order valence-electron chi connectivity index (χ0n) is 23.5. The van der Waals surface area contributed by atoms with Crippen LogP contribution in [0.1, 0.15) is 6.92 Å². The van der Waals surface area contributed by atoms with Gasteiger partial charge >= 0.3 is 0 Å². The molecule has 0 unspecified atom stereocenters. The van der Waals surface area contributed by atoms with E-state index >= 15 is 0 Å². The second-order valence-corrected chi connectivity index (χ2v) is 13.9. The normalized spacial score (nSPS) is 11.0. The second-order valence-electron chi connectivity index (χ2n) is 10.1. The molecule has 1 aromatic heterocycles. The van der Waals surface area contributed by atoms with Crippen molar-refractivity contribution in [1.29, 1.82) is 0 Å². The van der Waals surface area contributed by atoms with Gasteiger partial charge in [0.25, 0.3) is 0 Å². The van der Waals surface area contributed by atoms with E-state index in [0.717, 1.165) is 6.17 Å². The molecule has 0 fully saturated rings. The Labute approximate surface area is 245 Å². The number of hydrogen-bond donors (Lipinski definition) is 0. The Hall–Kier alpha value is -4.67. The Kier molecular flexibility index (Phi) is 9.59. The van der Waals surface area contributed by atoms with Crippen molar-refractivity contribution in [2.75, 3.05) is 0 Å². The van der Waals surface area contributed by atoms with Gasteiger partial charge in [0.05, 0.1) is 6.33 Å². The van der Waals surface area contributed by atoms with Gasteiger partial charge in [-0.15, -0.1) is 0 Å². The summed E-state index contributed by atoms with van der Waals surface area (Å²) in [5.74, 6) is 0. The molecule has 6 rings (SSSR count). The van der Waals surface area contributed by atoms with E-state index in [9.17, 15) is 0 Å². The minimum Gasteiger partial charge on any atom is -0.339 e. The molecule has 0 spiro atoms. The van der Waals surface area contributed by atoms with Gasteiger partial charge in [-0.05, 0) is 17.3 Å². The number of allylic oxidation sites excluding steroid dienone is 1. The molecule has 5 aromatic carbocycles. The standard InChI is InChI=1S/C19H20N2Si.C18H15B/c1-2-15-22(17-21-14-13-20-16-21,18-9-5-3-6-10-18)19-11-7-4-8-12-19;1-4-10-16(11-5-1)19(17-12-6-2-7-13-17)18-14-8-3-9-15-18/h2-16H,17H2,1H3;1-15H. The van der Waals surface area contributed by atoms with Crippen LogP contribution in [0.25, 0.3) is 0 Å². The summed E-state index contributed by atoms with van der Waals surface area (Å²) in [6, 6.07) is 53.8. The van der Waals surface area contributed by atoms with Crippen molar-refractivity contribution in [3.63, 3.8) is 0 Å². The maximum Gasteiger partial charge on any atom is 0.241 e. The Morgan fingerprint density at radius 3 is 1.32 bits per heavy atom. The van der Waals surface area contributed by atoms with Gasteiger partial charge in [-0.1, -0.05) is 180 Å². The van der Waals surface area contributed by atoms with E-state index in [1.54, 1.807) is 0 Å². The van der Waals surface area contributed by atoms with Crippen molar-refractivity contribution in [2.24, 2.45) is 0 Å². The van der Waals surface area contributed by atoms with Gasteiger partial charge in [-0.2, -0.15) is 0 Å². The number of benzene rings is 5. The van der Waals surface area contributed by atoms with Gasteiger partial charge < -0.3 is 4.57 Å². The highest BCUT2D eigenvalue weighted by molar-refractivity contribution is 7.05. The van der Waals surface area contributed by atoms with Crippen LogP contribution < -0.4 is 26.8 Å². The second kappa shape index (κ2) is 14.1. The highest BCUT2D eigenvalue weighted by atomic mass is 28.3. The molecule has 0 atom stereocenters. The average Bonchev–Trinajstić information content (AvgIpc) is 3.57. The molecule has 4 heteroatoms. The van der Waals surface area contributed by atoms with Crippen LogP contribution in [0.3, 0.4) is 0 Å². The SMILES string of the molecule is CC=C[Si](Cn1ccnc1)(c1ccccc1)c1ccccc1.c1ccc(B(c2ccccc2)c2ccccc2)cc1. The van der Waals surface area contributed by atoms with E-state index in [-0.39, 0.29) is 0 Å². The van der Waals surface area contributed by atoms with Crippen molar-refractivity contribution in [3.8, 4) is 0 Å². The van der Waals surface area contributed by atoms with Gasteiger partial charge in [0.15, 0.2) is 8.07 Å². The summed E-state index contributed by atoms with van der Waals surface area (Å²) >= 11 is 0. The Morgan fingerprint density at radius 2 is 0.976 bits per heavy atom. The fourth-order valence-corrected chi connectivity index (χ4v) is 9.63. The number of aromatic nitrogens is 2. The zero-order valence-corrected chi connectivity index (χ0v) is 24.5. The quantitative estimate of drug-likeness (QED) is 0.246. The molecule has 0 aliphatic carbocycles. The monoisotopic (exact) mass is 546 g/mol. The Balaban J connectivity index is 0.000000166. The lowest BCUT2D eigenvalue weighted by atomic mass is 9.37. The molecule has 0 aliphatic heterocycles. The van der Waals surface area contributed by atoms with Crippen LogP contribution in [0.2, 0.25) is 0 Å². The highest BCUT2D eigenvalue weighted by Gasteiger charge is 2.34. The lowest BCUT2D eigenvalue weighted by Gasteiger charge is -2.30. The number of hydrogen-bond acceptors (Lipinski definition) is 1. The van der Waals surface area contributed by atoms with Crippen molar-refractivity contribution < 1.29 is 0 Å². The van der Waals surface area contributed by atoms with Crippen LogP contribution in [-0.4, -0.2) is 24.3 Å². The third-order valence-corrected chi connectivity index (χ3v) is 11.9. The topological polar surface area (TPSA) is 17.8 Å². The number of nitrogens with zero attached hydrogens (tertiary/aromatic N) is 2. The molecule has 41 heavy (non-hydrogen) atoms. The van der Waals surface area contributed by atoms with E-state index in [0.29, 0.717) is 6.71 Å². The fraction of sp³-hybridized carbons (Fsp3) is 0.0541. The lowest BCUT2D eigenvalue weighted by molar-refractivity contribution is 0.861. The van der Waals surface area contributed by atoms with Gasteiger partial charge in [-0.25, -0.2) is 4.98 Å². The first-order chi connectivity index (χ1) is 20.3. The van der Waals surface area contributed by atoms with Crippen molar-refractivity contribution >= 4 is 41.5 Å². The smallest absolute Gasteiger partial charge is 0.241 e. The van der Waals surface area contributed by atoms with E-state index < -0.39 is 8.07 Å². The summed E-state index contributed by atoms with van der Waals surface area (Å²) in [7, 11) is -2.01. The third kappa shape index (κ3) is 6.92. The number of rotatable bonds is 8. The summed E-state index contributed by atoms with van der Waals surface area (Å²) in [4.78, 5) is 4.21. The summed E-state index contributed by atoms with van der Waals surface area (Å²) in [5, 5.41) is 2.85. The Bertz CT molecular complexity index is 1460. The molecular weight excluding hydrogens is 511 g/mol. The molecule has 0 radical (unpaired) electrons.